The number of carbonyl (C=O) groups is 1. The van der Waals surface area contributed by atoms with Gasteiger partial charge in [-0.1, -0.05) is 20.8 Å². The molecule has 1 rings (SSSR count). The average molecular weight is 284 g/mol. The Morgan fingerprint density at radius 1 is 1.11 bits per heavy atom. The van der Waals surface area contributed by atoms with E-state index in [2.05, 4.69) is 33.9 Å². The molecule has 1 aliphatic rings. The van der Waals surface area contributed by atoms with E-state index in [-0.39, 0.29) is 22.5 Å². The van der Waals surface area contributed by atoms with Crippen LogP contribution < -0.4 is 0 Å². The Hall–Kier alpha value is -0.453. The van der Waals surface area contributed by atoms with Gasteiger partial charge in [0.15, 0.2) is 14.1 Å². The third kappa shape index (κ3) is 4.26. The summed E-state index contributed by atoms with van der Waals surface area (Å²) in [7, 11) is -1.97. The lowest BCUT2D eigenvalue weighted by Crippen LogP contribution is -2.49. The topological polar surface area (TPSA) is 35.5 Å². The van der Waals surface area contributed by atoms with Crippen molar-refractivity contribution in [3.63, 3.8) is 0 Å². The van der Waals surface area contributed by atoms with Crippen LogP contribution in [-0.4, -0.2) is 31.9 Å². The fraction of sp³-hybridized carbons (Fsp3) is 0.800. The second-order valence-electron chi connectivity index (χ2n) is 7.76. The minimum Gasteiger partial charge on any atom is -0.404 e. The molecule has 0 radical (unpaired) electrons. The lowest BCUT2D eigenvalue weighted by Gasteiger charge is -2.40. The van der Waals surface area contributed by atoms with E-state index in [4.69, 9.17) is 9.16 Å². The van der Waals surface area contributed by atoms with E-state index in [1.54, 1.807) is 6.08 Å². The molecule has 3 nitrogen and oxygen atoms in total. The molecule has 0 aromatic heterocycles. The maximum atomic E-state index is 12.0. The molecule has 19 heavy (non-hydrogen) atoms. The summed E-state index contributed by atoms with van der Waals surface area (Å²) in [4.78, 5) is 12.0. The maximum absolute atomic E-state index is 12.0. The van der Waals surface area contributed by atoms with E-state index in [0.29, 0.717) is 0 Å². The van der Waals surface area contributed by atoms with Crippen molar-refractivity contribution < 1.29 is 14.0 Å². The molecule has 4 heteroatoms. The quantitative estimate of drug-likeness (QED) is 0.741. The number of rotatable bonds is 3. The van der Waals surface area contributed by atoms with Gasteiger partial charge in [0.1, 0.15) is 12.2 Å². The van der Waals surface area contributed by atoms with Crippen molar-refractivity contribution in [3.8, 4) is 0 Å². The van der Waals surface area contributed by atoms with E-state index in [0.717, 1.165) is 0 Å². The number of hydrogen-bond acceptors (Lipinski definition) is 3. The molecule has 0 saturated heterocycles. The molecule has 0 spiro atoms. The van der Waals surface area contributed by atoms with Crippen LogP contribution in [-0.2, 0) is 14.0 Å². The Kier molecular flexibility index (Phi) is 4.50. The number of ether oxygens (including phenoxy) is 1. The zero-order valence-electron chi connectivity index (χ0n) is 13.5. The van der Waals surface area contributed by atoms with Crippen molar-refractivity contribution in [2.45, 2.75) is 77.5 Å². The Balaban J connectivity index is 2.84. The van der Waals surface area contributed by atoms with E-state index in [9.17, 15) is 4.79 Å². The summed E-state index contributed by atoms with van der Waals surface area (Å²) in [6.07, 6.45) is 2.68. The Morgan fingerprint density at radius 2 is 1.63 bits per heavy atom. The Morgan fingerprint density at radius 3 is 2.05 bits per heavy atom. The van der Waals surface area contributed by atoms with Gasteiger partial charge in [0.05, 0.1) is 5.60 Å². The molecule has 0 unspecified atom stereocenters. The monoisotopic (exact) mass is 284 g/mol. The van der Waals surface area contributed by atoms with Gasteiger partial charge < -0.3 is 9.16 Å². The maximum Gasteiger partial charge on any atom is 0.193 e. The molecule has 0 aliphatic heterocycles. The van der Waals surface area contributed by atoms with Gasteiger partial charge in [0, 0.05) is 0 Å². The van der Waals surface area contributed by atoms with Crippen molar-refractivity contribution in [2.24, 2.45) is 0 Å². The third-order valence-corrected chi connectivity index (χ3v) is 8.20. The van der Waals surface area contributed by atoms with Gasteiger partial charge in [-0.05, 0) is 51.1 Å². The van der Waals surface area contributed by atoms with Gasteiger partial charge in [0.25, 0.3) is 0 Å². The minimum atomic E-state index is -1.97. The number of hydrogen-bond donors (Lipinski definition) is 0. The largest absolute Gasteiger partial charge is 0.404 e. The molecule has 0 fully saturated rings. The van der Waals surface area contributed by atoms with Gasteiger partial charge in [-0.25, -0.2) is 0 Å². The van der Waals surface area contributed by atoms with E-state index in [1.165, 1.54) is 0 Å². The molecule has 1 aliphatic carbocycles. The molecular formula is C15H28O3Si. The Bertz CT molecular complexity index is 372. The van der Waals surface area contributed by atoms with Crippen molar-refractivity contribution in [1.29, 1.82) is 0 Å². The molecule has 0 aromatic rings. The van der Waals surface area contributed by atoms with Crippen LogP contribution in [0.1, 0.15) is 41.5 Å². The molecule has 0 aromatic carbocycles. The van der Waals surface area contributed by atoms with Crippen LogP contribution in [0.15, 0.2) is 12.2 Å². The van der Waals surface area contributed by atoms with Crippen molar-refractivity contribution >= 4 is 14.1 Å². The number of ketones is 1. The summed E-state index contributed by atoms with van der Waals surface area (Å²) in [6.45, 7) is 16.8. The standard InChI is InChI=1S/C15H28O3Si/c1-14(2,3)17-12-10-9-11(16)13(12)18-19(7,8)15(4,5)6/h9-10,12-13H,1-8H3/t12-,13-/m0/s1. The fourth-order valence-corrected chi connectivity index (χ4v) is 2.91. The van der Waals surface area contributed by atoms with Crippen LogP contribution in [0.5, 0.6) is 0 Å². The third-order valence-electron chi connectivity index (χ3n) is 3.75. The van der Waals surface area contributed by atoms with Gasteiger partial charge in [0.2, 0.25) is 0 Å². The summed E-state index contributed by atoms with van der Waals surface area (Å²) < 4.78 is 12.2. The highest BCUT2D eigenvalue weighted by molar-refractivity contribution is 6.74. The fourth-order valence-electron chi connectivity index (χ4n) is 1.68. The summed E-state index contributed by atoms with van der Waals surface area (Å²) >= 11 is 0. The lowest BCUT2D eigenvalue weighted by atomic mass is 10.1. The van der Waals surface area contributed by atoms with Gasteiger partial charge in [-0.2, -0.15) is 0 Å². The summed E-state index contributed by atoms with van der Waals surface area (Å²) in [5.41, 5.74) is -0.283. The summed E-state index contributed by atoms with van der Waals surface area (Å²) in [5, 5.41) is 0.0855. The van der Waals surface area contributed by atoms with Crippen molar-refractivity contribution in [2.75, 3.05) is 0 Å². The summed E-state index contributed by atoms with van der Waals surface area (Å²) in [6, 6.07) is 0. The van der Waals surface area contributed by atoms with Crippen LogP contribution in [0.2, 0.25) is 18.1 Å². The van der Waals surface area contributed by atoms with Crippen molar-refractivity contribution in [1.82, 2.24) is 0 Å². The smallest absolute Gasteiger partial charge is 0.193 e. The van der Waals surface area contributed by atoms with Gasteiger partial charge in [-0.15, -0.1) is 0 Å². The van der Waals surface area contributed by atoms with Crippen LogP contribution in [0.25, 0.3) is 0 Å². The van der Waals surface area contributed by atoms with E-state index in [1.807, 2.05) is 26.8 Å². The van der Waals surface area contributed by atoms with Crippen LogP contribution >= 0.6 is 0 Å². The zero-order valence-corrected chi connectivity index (χ0v) is 14.5. The average Bonchev–Trinajstić information content (AvgIpc) is 2.45. The molecule has 0 saturated carbocycles. The van der Waals surface area contributed by atoms with E-state index < -0.39 is 14.4 Å². The molecule has 110 valence electrons. The lowest BCUT2D eigenvalue weighted by molar-refractivity contribution is -0.130. The first-order valence-electron chi connectivity index (χ1n) is 6.91. The summed E-state index contributed by atoms with van der Waals surface area (Å²) in [5.74, 6) is 0.0269. The predicted molar refractivity (Wildman–Crippen MR) is 80.8 cm³/mol. The molecule has 2 atom stereocenters. The molecule has 0 bridgehead atoms. The Labute approximate surface area is 118 Å². The molecule has 0 N–H and O–H groups in total. The first kappa shape index (κ1) is 16.6. The van der Waals surface area contributed by atoms with Crippen molar-refractivity contribution in [3.05, 3.63) is 12.2 Å². The first-order valence-corrected chi connectivity index (χ1v) is 9.82. The second-order valence-corrected chi connectivity index (χ2v) is 12.5. The van der Waals surface area contributed by atoms with Crippen LogP contribution in [0.4, 0.5) is 0 Å². The number of carbonyl (C=O) groups excluding carboxylic acids is 1. The van der Waals surface area contributed by atoms with Gasteiger partial charge in [-0.3, -0.25) is 4.79 Å². The molecule has 0 amide bonds. The molecule has 0 heterocycles. The predicted octanol–water partition coefficient (Wildman–Crippen LogP) is 3.70. The van der Waals surface area contributed by atoms with Crippen LogP contribution in [0, 0.1) is 0 Å². The molecular weight excluding hydrogens is 256 g/mol. The highest BCUT2D eigenvalue weighted by Gasteiger charge is 2.44. The van der Waals surface area contributed by atoms with Crippen LogP contribution in [0.3, 0.4) is 0 Å². The minimum absolute atomic E-state index is 0.0269. The normalized spacial score (nSPS) is 25.2. The highest BCUT2D eigenvalue weighted by atomic mass is 28.4. The first-order chi connectivity index (χ1) is 8.33. The highest BCUT2D eigenvalue weighted by Crippen LogP contribution is 2.38. The zero-order chi connectivity index (χ0) is 15.1. The van der Waals surface area contributed by atoms with E-state index >= 15 is 0 Å². The SMILES string of the molecule is CC(C)(C)O[C@H]1C=CC(=O)[C@@H]1O[Si](C)(C)C(C)(C)C. The van der Waals surface area contributed by atoms with Gasteiger partial charge >= 0.3 is 0 Å². The second kappa shape index (κ2) is 5.15.